The van der Waals surface area contributed by atoms with Crippen molar-refractivity contribution in [1.29, 1.82) is 0 Å². The summed E-state index contributed by atoms with van der Waals surface area (Å²) in [5.41, 5.74) is 2.47. The first-order valence-electron chi connectivity index (χ1n) is 6.45. The summed E-state index contributed by atoms with van der Waals surface area (Å²) in [6, 6.07) is 10.8. The van der Waals surface area contributed by atoms with Gasteiger partial charge in [-0.15, -0.1) is 0 Å². The Hall–Kier alpha value is -1.28. The summed E-state index contributed by atoms with van der Waals surface area (Å²) in [5, 5.41) is 10.9. The molecule has 1 heterocycles. The van der Waals surface area contributed by atoms with Gasteiger partial charge in [0.25, 0.3) is 0 Å². The van der Waals surface area contributed by atoms with Crippen molar-refractivity contribution in [1.82, 2.24) is 4.57 Å². The van der Waals surface area contributed by atoms with Gasteiger partial charge < -0.3 is 9.67 Å². The van der Waals surface area contributed by atoms with Gasteiger partial charge >= 0.3 is 0 Å². The molecule has 2 aromatic rings. The third-order valence-corrected chi connectivity index (χ3v) is 3.41. The minimum atomic E-state index is 0.217. The number of aryl methyl sites for hydroxylation is 1. The van der Waals surface area contributed by atoms with Crippen molar-refractivity contribution in [2.75, 3.05) is 6.61 Å². The van der Waals surface area contributed by atoms with Crippen molar-refractivity contribution in [2.45, 2.75) is 39.2 Å². The van der Waals surface area contributed by atoms with Gasteiger partial charge in [-0.3, -0.25) is 0 Å². The predicted molar refractivity (Wildman–Crippen MR) is 72.3 cm³/mol. The Labute approximate surface area is 103 Å². The molecule has 92 valence electrons. The van der Waals surface area contributed by atoms with Gasteiger partial charge in [-0.05, 0) is 30.9 Å². The maximum absolute atomic E-state index is 9.59. The fourth-order valence-electron chi connectivity index (χ4n) is 2.54. The standard InChI is InChI=1S/C15H21NO/c1-3-4-8-14(11-17)16-12(2)10-13-7-5-6-9-15(13)16/h5-7,9-10,14,17H,3-4,8,11H2,1-2H3. The van der Waals surface area contributed by atoms with E-state index in [4.69, 9.17) is 0 Å². The fraction of sp³-hybridized carbons (Fsp3) is 0.467. The second kappa shape index (κ2) is 5.37. The van der Waals surface area contributed by atoms with Gasteiger partial charge in [0.05, 0.1) is 12.6 Å². The molecule has 1 aromatic heterocycles. The quantitative estimate of drug-likeness (QED) is 0.834. The Morgan fingerprint density at radius 1 is 1.29 bits per heavy atom. The molecule has 2 heteroatoms. The van der Waals surface area contributed by atoms with Gasteiger partial charge in [0.1, 0.15) is 0 Å². The minimum Gasteiger partial charge on any atom is -0.394 e. The lowest BCUT2D eigenvalue weighted by Gasteiger charge is -2.19. The number of aliphatic hydroxyl groups is 1. The lowest BCUT2D eigenvalue weighted by Crippen LogP contribution is -2.14. The summed E-state index contributed by atoms with van der Waals surface area (Å²) in [4.78, 5) is 0. The number of hydrogen-bond donors (Lipinski definition) is 1. The molecular weight excluding hydrogens is 210 g/mol. The van der Waals surface area contributed by atoms with Crippen LogP contribution >= 0.6 is 0 Å². The van der Waals surface area contributed by atoms with Gasteiger partial charge in [-0.25, -0.2) is 0 Å². The molecule has 1 unspecified atom stereocenters. The van der Waals surface area contributed by atoms with Gasteiger partial charge in [0.2, 0.25) is 0 Å². The van der Waals surface area contributed by atoms with Crippen molar-refractivity contribution in [2.24, 2.45) is 0 Å². The highest BCUT2D eigenvalue weighted by molar-refractivity contribution is 5.81. The molecule has 0 aliphatic heterocycles. The number of hydrogen-bond acceptors (Lipinski definition) is 1. The first kappa shape index (κ1) is 12.2. The van der Waals surface area contributed by atoms with Gasteiger partial charge in [-0.1, -0.05) is 38.0 Å². The maximum Gasteiger partial charge on any atom is 0.0639 e. The van der Waals surface area contributed by atoms with Crippen LogP contribution in [0.5, 0.6) is 0 Å². The molecule has 0 amide bonds. The summed E-state index contributed by atoms with van der Waals surface area (Å²) in [7, 11) is 0. The molecule has 0 saturated carbocycles. The van der Waals surface area contributed by atoms with E-state index in [1.165, 1.54) is 23.0 Å². The summed E-state index contributed by atoms with van der Waals surface area (Å²) in [5.74, 6) is 0. The second-order valence-corrected chi connectivity index (χ2v) is 4.69. The van der Waals surface area contributed by atoms with E-state index < -0.39 is 0 Å². The molecule has 1 atom stereocenters. The molecular formula is C15H21NO. The van der Waals surface area contributed by atoms with Crippen molar-refractivity contribution in [3.05, 3.63) is 36.0 Å². The molecule has 2 nitrogen and oxygen atoms in total. The molecule has 0 fully saturated rings. The van der Waals surface area contributed by atoms with Gasteiger partial charge in [0.15, 0.2) is 0 Å². The highest BCUT2D eigenvalue weighted by atomic mass is 16.3. The van der Waals surface area contributed by atoms with Crippen LogP contribution in [-0.2, 0) is 0 Å². The zero-order chi connectivity index (χ0) is 12.3. The monoisotopic (exact) mass is 231 g/mol. The largest absolute Gasteiger partial charge is 0.394 e. The highest BCUT2D eigenvalue weighted by Crippen LogP contribution is 2.26. The molecule has 0 aliphatic rings. The topological polar surface area (TPSA) is 25.2 Å². The van der Waals surface area contributed by atoms with Gasteiger partial charge in [0, 0.05) is 11.2 Å². The Morgan fingerprint density at radius 2 is 2.06 bits per heavy atom. The lowest BCUT2D eigenvalue weighted by molar-refractivity contribution is 0.220. The number of nitrogens with zero attached hydrogens (tertiary/aromatic N) is 1. The van der Waals surface area contributed by atoms with E-state index in [1.54, 1.807) is 0 Å². The molecule has 0 spiro atoms. The van der Waals surface area contributed by atoms with E-state index in [0.29, 0.717) is 0 Å². The molecule has 0 saturated heterocycles. The summed E-state index contributed by atoms with van der Waals surface area (Å²) >= 11 is 0. The number of rotatable bonds is 5. The van der Waals surface area contributed by atoms with Crippen LogP contribution < -0.4 is 0 Å². The van der Waals surface area contributed by atoms with Crippen LogP contribution in [0.3, 0.4) is 0 Å². The van der Waals surface area contributed by atoms with E-state index in [2.05, 4.69) is 48.7 Å². The van der Waals surface area contributed by atoms with Gasteiger partial charge in [-0.2, -0.15) is 0 Å². The zero-order valence-electron chi connectivity index (χ0n) is 10.7. The zero-order valence-corrected chi connectivity index (χ0v) is 10.7. The van der Waals surface area contributed by atoms with Crippen LogP contribution in [0.1, 0.15) is 37.9 Å². The van der Waals surface area contributed by atoms with Crippen molar-refractivity contribution in [3.63, 3.8) is 0 Å². The molecule has 2 rings (SSSR count). The Morgan fingerprint density at radius 3 is 2.76 bits per heavy atom. The average Bonchev–Trinajstić information content (AvgIpc) is 2.67. The maximum atomic E-state index is 9.59. The van der Waals surface area contributed by atoms with Crippen LogP contribution in [0.25, 0.3) is 10.9 Å². The van der Waals surface area contributed by atoms with E-state index in [-0.39, 0.29) is 12.6 Å². The van der Waals surface area contributed by atoms with Crippen LogP contribution in [0.4, 0.5) is 0 Å². The minimum absolute atomic E-state index is 0.217. The summed E-state index contributed by atoms with van der Waals surface area (Å²) < 4.78 is 2.28. The van der Waals surface area contributed by atoms with Crippen LogP contribution in [0.2, 0.25) is 0 Å². The third-order valence-electron chi connectivity index (χ3n) is 3.41. The van der Waals surface area contributed by atoms with E-state index in [9.17, 15) is 5.11 Å². The second-order valence-electron chi connectivity index (χ2n) is 4.69. The lowest BCUT2D eigenvalue weighted by atomic mass is 10.1. The normalized spacial score (nSPS) is 13.1. The SMILES string of the molecule is CCCCC(CO)n1c(C)cc2ccccc21. The highest BCUT2D eigenvalue weighted by Gasteiger charge is 2.14. The molecule has 0 aliphatic carbocycles. The Bertz CT molecular complexity index is 487. The number of para-hydroxylation sites is 1. The molecule has 0 bridgehead atoms. The Balaban J connectivity index is 2.41. The Kier molecular flexibility index (Phi) is 3.85. The predicted octanol–water partition coefficient (Wildman–Crippen LogP) is 3.67. The molecule has 17 heavy (non-hydrogen) atoms. The first-order valence-corrected chi connectivity index (χ1v) is 6.45. The van der Waals surface area contributed by atoms with Crippen LogP contribution in [0.15, 0.2) is 30.3 Å². The van der Waals surface area contributed by atoms with Crippen LogP contribution in [-0.4, -0.2) is 16.3 Å². The number of benzene rings is 1. The molecule has 1 N–H and O–H groups in total. The fourth-order valence-corrected chi connectivity index (χ4v) is 2.54. The van der Waals surface area contributed by atoms with E-state index >= 15 is 0 Å². The first-order chi connectivity index (χ1) is 8.27. The van der Waals surface area contributed by atoms with E-state index in [0.717, 1.165) is 12.8 Å². The summed E-state index contributed by atoms with van der Waals surface area (Å²) in [6.07, 6.45) is 3.39. The number of aliphatic hydroxyl groups excluding tert-OH is 1. The number of unbranched alkanes of at least 4 members (excludes halogenated alkanes) is 1. The molecule has 0 radical (unpaired) electrons. The third kappa shape index (κ3) is 2.37. The van der Waals surface area contributed by atoms with Crippen molar-refractivity contribution >= 4 is 10.9 Å². The van der Waals surface area contributed by atoms with E-state index in [1.807, 2.05) is 0 Å². The van der Waals surface area contributed by atoms with Crippen LogP contribution in [0, 0.1) is 6.92 Å². The number of aromatic nitrogens is 1. The van der Waals surface area contributed by atoms with Crippen molar-refractivity contribution in [3.8, 4) is 0 Å². The molecule has 1 aromatic carbocycles. The number of fused-ring (bicyclic) bond motifs is 1. The summed E-state index contributed by atoms with van der Waals surface area (Å²) in [6.45, 7) is 4.53. The van der Waals surface area contributed by atoms with Crippen molar-refractivity contribution < 1.29 is 5.11 Å². The smallest absolute Gasteiger partial charge is 0.0639 e. The average molecular weight is 231 g/mol.